The second kappa shape index (κ2) is 64.0. The van der Waals surface area contributed by atoms with E-state index in [1.54, 1.807) is 0 Å². The van der Waals surface area contributed by atoms with Crippen molar-refractivity contribution < 1.29 is 42.1 Å². The molecule has 0 bridgehead atoms. The molecule has 0 aromatic rings. The molecule has 0 spiro atoms. The second-order valence-corrected chi connectivity index (χ2v) is 27.4. The van der Waals surface area contributed by atoms with Crippen LogP contribution in [-0.4, -0.2) is 74.9 Å². The summed E-state index contributed by atoms with van der Waals surface area (Å²) in [5, 5.41) is 0. The number of esters is 2. The van der Waals surface area contributed by atoms with E-state index < -0.39 is 26.5 Å². The number of phosphoric acid groups is 1. The average Bonchev–Trinajstić information content (AvgIpc) is 3.44. The predicted octanol–water partition coefficient (Wildman–Crippen LogP) is 23.3. The van der Waals surface area contributed by atoms with E-state index in [2.05, 4.69) is 38.2 Å². The van der Waals surface area contributed by atoms with Gasteiger partial charge in [-0.1, -0.05) is 321 Å². The molecular formula is C72H141NO8P+. The lowest BCUT2D eigenvalue weighted by atomic mass is 10.0. The van der Waals surface area contributed by atoms with E-state index in [1.807, 2.05) is 21.1 Å². The van der Waals surface area contributed by atoms with Gasteiger partial charge < -0.3 is 18.9 Å². The number of carbonyl (C=O) groups excluding carboxylic acids is 2. The molecule has 0 saturated carbocycles. The summed E-state index contributed by atoms with van der Waals surface area (Å²) in [6.45, 7) is 4.51. The zero-order valence-corrected chi connectivity index (χ0v) is 56.4. The number of ether oxygens (including phenoxy) is 2. The molecule has 0 aromatic heterocycles. The maximum Gasteiger partial charge on any atom is 0.472 e. The van der Waals surface area contributed by atoms with Crippen molar-refractivity contribution in [1.29, 1.82) is 0 Å². The molecule has 0 aliphatic rings. The Morgan fingerprint density at radius 1 is 0.366 bits per heavy atom. The lowest BCUT2D eigenvalue weighted by molar-refractivity contribution is -0.870. The van der Waals surface area contributed by atoms with E-state index in [4.69, 9.17) is 18.5 Å². The standard InChI is InChI=1S/C72H140NO8P/c1-6-8-10-12-14-16-18-20-22-24-26-28-30-32-34-36-38-40-42-44-46-48-50-52-54-56-58-60-62-64-71(74)78-68-70(69-80-82(76,77)79-67-66-73(3,4)5)81-72(75)65-63-61-59-57-55-53-51-49-47-45-43-41-39-37-35-33-31-29-27-25-23-21-19-17-15-13-11-9-7-2/h24-27,70H,6-23,28-69H2,1-5H3/p+1/b26-24-,27-25-. The highest BCUT2D eigenvalue weighted by Crippen LogP contribution is 2.43. The van der Waals surface area contributed by atoms with Crippen LogP contribution < -0.4 is 0 Å². The quantitative estimate of drug-likeness (QED) is 0.0211. The summed E-state index contributed by atoms with van der Waals surface area (Å²) in [6.07, 6.45) is 80.1. The molecule has 0 saturated heterocycles. The molecule has 0 fully saturated rings. The van der Waals surface area contributed by atoms with Gasteiger partial charge in [0.1, 0.15) is 19.8 Å². The Morgan fingerprint density at radius 3 is 0.902 bits per heavy atom. The van der Waals surface area contributed by atoms with Gasteiger partial charge in [0.15, 0.2) is 6.10 Å². The van der Waals surface area contributed by atoms with Crippen molar-refractivity contribution in [2.45, 2.75) is 380 Å². The zero-order chi connectivity index (χ0) is 59.8. The molecule has 10 heteroatoms. The van der Waals surface area contributed by atoms with Crippen molar-refractivity contribution in [3.8, 4) is 0 Å². The number of carbonyl (C=O) groups is 2. The van der Waals surface area contributed by atoms with Crippen LogP contribution in [0.1, 0.15) is 373 Å². The van der Waals surface area contributed by atoms with E-state index in [0.717, 1.165) is 32.1 Å². The number of allylic oxidation sites excluding steroid dienone is 4. The number of unbranched alkanes of at least 4 members (excludes halogenated alkanes) is 50. The van der Waals surface area contributed by atoms with Crippen LogP contribution in [-0.2, 0) is 32.7 Å². The number of quaternary nitrogens is 1. The molecule has 2 atom stereocenters. The van der Waals surface area contributed by atoms with Gasteiger partial charge in [-0.05, 0) is 64.2 Å². The van der Waals surface area contributed by atoms with Crippen LogP contribution in [0.15, 0.2) is 24.3 Å². The van der Waals surface area contributed by atoms with Crippen LogP contribution in [0.5, 0.6) is 0 Å². The number of nitrogens with zero attached hydrogens (tertiary/aromatic N) is 1. The van der Waals surface area contributed by atoms with Gasteiger partial charge in [-0.15, -0.1) is 0 Å². The predicted molar refractivity (Wildman–Crippen MR) is 354 cm³/mol. The summed E-state index contributed by atoms with van der Waals surface area (Å²) in [4.78, 5) is 35.9. The Morgan fingerprint density at radius 2 is 0.622 bits per heavy atom. The van der Waals surface area contributed by atoms with Crippen LogP contribution >= 0.6 is 7.82 Å². The summed E-state index contributed by atoms with van der Waals surface area (Å²) in [6, 6.07) is 0. The lowest BCUT2D eigenvalue weighted by Crippen LogP contribution is -2.37. The molecule has 0 aliphatic carbocycles. The molecule has 0 aromatic carbocycles. The van der Waals surface area contributed by atoms with E-state index in [1.165, 1.54) is 308 Å². The van der Waals surface area contributed by atoms with Gasteiger partial charge >= 0.3 is 19.8 Å². The molecule has 0 heterocycles. The van der Waals surface area contributed by atoms with E-state index in [-0.39, 0.29) is 25.6 Å². The van der Waals surface area contributed by atoms with Crippen molar-refractivity contribution in [1.82, 2.24) is 0 Å². The third-order valence-corrected chi connectivity index (χ3v) is 17.4. The third-order valence-electron chi connectivity index (χ3n) is 16.5. The van der Waals surface area contributed by atoms with Gasteiger partial charge in [0.25, 0.3) is 0 Å². The van der Waals surface area contributed by atoms with Crippen LogP contribution in [0, 0.1) is 0 Å². The SMILES string of the molecule is CCCCCCCCCC/C=C\CCCCCCCCCCCCCCCCCCCC(=O)OCC(COP(=O)(O)OCC[N+](C)(C)C)OC(=O)CCCCCCCCCCCCCCCCCCC/C=C\CCCCCCCCCC. The summed E-state index contributed by atoms with van der Waals surface area (Å²) < 4.78 is 34.8. The number of rotatable bonds is 68. The number of phosphoric ester groups is 1. The smallest absolute Gasteiger partial charge is 0.462 e. The van der Waals surface area contributed by atoms with Gasteiger partial charge in [0.2, 0.25) is 0 Å². The fourth-order valence-corrected chi connectivity index (χ4v) is 11.6. The molecule has 486 valence electrons. The average molecular weight is 1180 g/mol. The van der Waals surface area contributed by atoms with Crippen molar-refractivity contribution in [3.05, 3.63) is 24.3 Å². The summed E-state index contributed by atoms with van der Waals surface area (Å²) in [5.74, 6) is -0.773. The Kier molecular flexibility index (Phi) is 62.8. The van der Waals surface area contributed by atoms with Gasteiger partial charge in [-0.25, -0.2) is 4.57 Å². The first kappa shape index (κ1) is 80.5. The Hall–Kier alpha value is -1.51. The Balaban J connectivity index is 3.98. The van der Waals surface area contributed by atoms with Gasteiger partial charge in [-0.3, -0.25) is 18.6 Å². The van der Waals surface area contributed by atoms with Crippen LogP contribution in [0.2, 0.25) is 0 Å². The van der Waals surface area contributed by atoms with Crippen molar-refractivity contribution >= 4 is 19.8 Å². The number of hydrogen-bond donors (Lipinski definition) is 1. The summed E-state index contributed by atoms with van der Waals surface area (Å²) in [7, 11) is 1.50. The van der Waals surface area contributed by atoms with E-state index in [9.17, 15) is 19.0 Å². The number of hydrogen-bond acceptors (Lipinski definition) is 7. The highest BCUT2D eigenvalue weighted by molar-refractivity contribution is 7.47. The minimum atomic E-state index is -4.39. The lowest BCUT2D eigenvalue weighted by Gasteiger charge is -2.24. The van der Waals surface area contributed by atoms with Crippen molar-refractivity contribution in [2.24, 2.45) is 0 Å². The van der Waals surface area contributed by atoms with Gasteiger partial charge in [0, 0.05) is 12.8 Å². The Labute approximate surface area is 510 Å². The highest BCUT2D eigenvalue weighted by atomic mass is 31.2. The molecule has 0 amide bonds. The molecule has 9 nitrogen and oxygen atoms in total. The minimum Gasteiger partial charge on any atom is -0.462 e. The van der Waals surface area contributed by atoms with Gasteiger partial charge in [0.05, 0.1) is 27.7 Å². The fraction of sp³-hybridized carbons (Fsp3) is 0.917. The largest absolute Gasteiger partial charge is 0.472 e. The normalized spacial score (nSPS) is 13.2. The molecule has 82 heavy (non-hydrogen) atoms. The molecular weight excluding hydrogens is 1040 g/mol. The van der Waals surface area contributed by atoms with E-state index >= 15 is 0 Å². The maximum atomic E-state index is 12.9. The van der Waals surface area contributed by atoms with Crippen LogP contribution in [0.25, 0.3) is 0 Å². The van der Waals surface area contributed by atoms with Crippen LogP contribution in [0.3, 0.4) is 0 Å². The topological polar surface area (TPSA) is 108 Å². The third kappa shape index (κ3) is 67.6. The first-order chi connectivity index (χ1) is 40.0. The molecule has 0 aliphatic heterocycles. The fourth-order valence-electron chi connectivity index (χ4n) is 10.9. The van der Waals surface area contributed by atoms with E-state index in [0.29, 0.717) is 23.9 Å². The molecule has 0 rings (SSSR count). The monoisotopic (exact) mass is 1180 g/mol. The molecule has 2 unspecified atom stereocenters. The summed E-state index contributed by atoms with van der Waals surface area (Å²) >= 11 is 0. The minimum absolute atomic E-state index is 0.0354. The second-order valence-electron chi connectivity index (χ2n) is 26.0. The Bertz CT molecular complexity index is 1430. The maximum absolute atomic E-state index is 12.9. The van der Waals surface area contributed by atoms with Crippen molar-refractivity contribution in [3.63, 3.8) is 0 Å². The van der Waals surface area contributed by atoms with Crippen LogP contribution in [0.4, 0.5) is 0 Å². The number of likely N-dealkylation sites (N-methyl/N-ethyl adjacent to an activating group) is 1. The molecule has 1 N–H and O–H groups in total. The molecule has 0 radical (unpaired) electrons. The zero-order valence-electron chi connectivity index (χ0n) is 55.5. The van der Waals surface area contributed by atoms with Gasteiger partial charge in [-0.2, -0.15) is 0 Å². The van der Waals surface area contributed by atoms with Crippen molar-refractivity contribution in [2.75, 3.05) is 47.5 Å². The first-order valence-corrected chi connectivity index (χ1v) is 37.6. The summed E-state index contributed by atoms with van der Waals surface area (Å²) in [5.41, 5.74) is 0. The highest BCUT2D eigenvalue weighted by Gasteiger charge is 2.27. The first-order valence-electron chi connectivity index (χ1n) is 36.1.